The molecule has 1 aliphatic heterocycles. The van der Waals surface area contributed by atoms with Crippen LogP contribution in [-0.4, -0.2) is 77.7 Å². The van der Waals surface area contributed by atoms with Crippen LogP contribution in [0.15, 0.2) is 30.6 Å². The lowest BCUT2D eigenvalue weighted by Gasteiger charge is -2.26. The molecule has 15 heteroatoms. The fourth-order valence-electron chi connectivity index (χ4n) is 3.68. The van der Waals surface area contributed by atoms with E-state index in [1.165, 1.54) is 34.1 Å². The highest BCUT2D eigenvalue weighted by molar-refractivity contribution is 5.90. The van der Waals surface area contributed by atoms with Crippen molar-refractivity contribution in [3.63, 3.8) is 0 Å². The lowest BCUT2D eigenvalue weighted by atomic mass is 10.2. The maximum Gasteiger partial charge on any atom is 0.414 e. The molecule has 1 aromatic carbocycles. The molecule has 2 aromatic rings. The van der Waals surface area contributed by atoms with Crippen LogP contribution in [0.1, 0.15) is 12.8 Å². The molecular formula is C21H24F3N7O5. The molecule has 0 bridgehead atoms. The van der Waals surface area contributed by atoms with Gasteiger partial charge in [-0.15, -0.1) is 5.10 Å². The monoisotopic (exact) mass is 511 g/mol. The molecular weight excluding hydrogens is 487 g/mol. The summed E-state index contributed by atoms with van der Waals surface area (Å²) in [6, 6.07) is 4.40. The maximum absolute atomic E-state index is 15.1. The third-order valence-electron chi connectivity index (χ3n) is 5.51. The van der Waals surface area contributed by atoms with Crippen LogP contribution in [0.5, 0.6) is 0 Å². The summed E-state index contributed by atoms with van der Waals surface area (Å²) in [5.41, 5.74) is 2.85. The molecule has 1 saturated heterocycles. The average Bonchev–Trinajstić information content (AvgIpc) is 3.42. The largest absolute Gasteiger partial charge is 0.442 e. The molecule has 3 amide bonds. The minimum atomic E-state index is -3.17. The van der Waals surface area contributed by atoms with Crippen LogP contribution in [0.2, 0.25) is 0 Å². The fourth-order valence-corrected chi connectivity index (χ4v) is 3.68. The number of cyclic esters (lactones) is 1. The third-order valence-corrected chi connectivity index (χ3v) is 5.51. The Kier molecular flexibility index (Phi) is 7.87. The van der Waals surface area contributed by atoms with Gasteiger partial charge in [-0.1, -0.05) is 5.21 Å². The third kappa shape index (κ3) is 6.41. The Labute approximate surface area is 203 Å². The maximum atomic E-state index is 15.1. The van der Waals surface area contributed by atoms with Gasteiger partial charge in [-0.3, -0.25) is 19.3 Å². The number of aromatic nitrogens is 3. The van der Waals surface area contributed by atoms with Gasteiger partial charge in [-0.05, 0) is 31.0 Å². The van der Waals surface area contributed by atoms with Gasteiger partial charge < -0.3 is 15.0 Å². The van der Waals surface area contributed by atoms with Gasteiger partial charge in [0, 0.05) is 18.8 Å². The second kappa shape index (κ2) is 11.2. The lowest BCUT2D eigenvalue weighted by molar-refractivity contribution is -0.134. The molecule has 2 aliphatic rings. The Hall–Kier alpha value is -3.88. The molecule has 194 valence electrons. The van der Waals surface area contributed by atoms with Crippen molar-refractivity contribution in [1.29, 1.82) is 0 Å². The number of ether oxygens (including phenoxy) is 1. The number of amides is 3. The van der Waals surface area contributed by atoms with Crippen LogP contribution in [0.25, 0.3) is 0 Å². The number of halogens is 3. The molecule has 2 fully saturated rings. The van der Waals surface area contributed by atoms with Gasteiger partial charge in [0.05, 0.1) is 37.3 Å². The van der Waals surface area contributed by atoms with E-state index in [-0.39, 0.29) is 38.0 Å². The zero-order valence-electron chi connectivity index (χ0n) is 19.0. The van der Waals surface area contributed by atoms with E-state index < -0.39 is 36.3 Å². The first-order chi connectivity index (χ1) is 17.3. The second-order valence-electron chi connectivity index (χ2n) is 8.20. The van der Waals surface area contributed by atoms with Gasteiger partial charge in [0.1, 0.15) is 18.5 Å². The molecule has 36 heavy (non-hydrogen) atoms. The Morgan fingerprint density at radius 1 is 1.31 bits per heavy atom. The number of rotatable bonds is 12. The number of benzene rings is 1. The number of nitrogens with one attached hydrogen (secondary N) is 2. The molecule has 1 saturated carbocycles. The van der Waals surface area contributed by atoms with Crippen LogP contribution >= 0.6 is 0 Å². The fraction of sp³-hybridized carbons (Fsp3) is 0.476. The van der Waals surface area contributed by atoms with Crippen molar-refractivity contribution in [3.8, 4) is 0 Å². The Balaban J connectivity index is 1.30. The summed E-state index contributed by atoms with van der Waals surface area (Å²) < 4.78 is 46.1. The van der Waals surface area contributed by atoms with Gasteiger partial charge in [0.25, 0.3) is 11.8 Å². The van der Waals surface area contributed by atoms with Gasteiger partial charge in [0.2, 0.25) is 0 Å². The van der Waals surface area contributed by atoms with Gasteiger partial charge >= 0.3 is 12.5 Å². The number of hydrogen-bond donors (Lipinski definition) is 2. The first kappa shape index (κ1) is 25.2. The number of nitrogens with zero attached hydrogens (tertiary/aromatic N) is 5. The van der Waals surface area contributed by atoms with E-state index in [1.54, 1.807) is 6.07 Å². The number of hydroxylamine groups is 1. The normalized spacial score (nSPS) is 17.3. The summed E-state index contributed by atoms with van der Waals surface area (Å²) in [6.07, 6.45) is -0.0446. The molecule has 0 unspecified atom stereocenters. The standard InChI is InChI=1S/C21H24F3N7O5/c22-16-9-14(31-11-15(36-21(31)34)10-25-20(33)19(23)24)3-4-17(16)30(13-1-2-13)7-8-35-27-18(32)12-29-6-5-26-28-29/h3-6,9,13,15,19H,1-2,7-8,10-12H2,(H,25,33)(H,27,32)/t15-/m0/s1. The average molecular weight is 511 g/mol. The Morgan fingerprint density at radius 2 is 2.11 bits per heavy atom. The summed E-state index contributed by atoms with van der Waals surface area (Å²) in [7, 11) is 0. The zero-order valence-corrected chi connectivity index (χ0v) is 19.0. The van der Waals surface area contributed by atoms with Crippen LogP contribution in [0, 0.1) is 5.82 Å². The zero-order chi connectivity index (χ0) is 25.7. The topological polar surface area (TPSA) is 131 Å². The van der Waals surface area contributed by atoms with Crippen LogP contribution in [-0.2, 0) is 25.7 Å². The lowest BCUT2D eigenvalue weighted by Crippen LogP contribution is -2.37. The predicted octanol–water partition coefficient (Wildman–Crippen LogP) is 0.841. The van der Waals surface area contributed by atoms with E-state index >= 15 is 4.39 Å². The number of alkyl halides is 2. The Morgan fingerprint density at radius 3 is 2.78 bits per heavy atom. The smallest absolute Gasteiger partial charge is 0.414 e. The molecule has 4 rings (SSSR count). The van der Waals surface area contributed by atoms with Gasteiger partial charge in [0.15, 0.2) is 0 Å². The van der Waals surface area contributed by atoms with E-state index in [9.17, 15) is 23.2 Å². The van der Waals surface area contributed by atoms with Crippen LogP contribution in [0.3, 0.4) is 0 Å². The van der Waals surface area contributed by atoms with E-state index in [1.807, 2.05) is 10.2 Å². The quantitative estimate of drug-likeness (QED) is 0.317. The SMILES string of the molecule is O=C(Cn1ccnn1)NOCCN(c1ccc(N2C[C@H](CNC(=O)C(F)F)OC2=O)cc1F)C1CC1. The number of anilines is 2. The number of hydrogen-bond acceptors (Lipinski definition) is 8. The van der Waals surface area contributed by atoms with Crippen molar-refractivity contribution in [3.05, 3.63) is 36.4 Å². The van der Waals surface area contributed by atoms with Crippen molar-refractivity contribution in [2.75, 3.05) is 36.0 Å². The summed E-state index contributed by atoms with van der Waals surface area (Å²) in [6.45, 7) is 0.0423. The molecule has 2 heterocycles. The van der Waals surface area contributed by atoms with Crippen molar-refractivity contribution in [2.24, 2.45) is 0 Å². The first-order valence-electron chi connectivity index (χ1n) is 11.2. The minimum absolute atomic E-state index is 0.0321. The highest BCUT2D eigenvalue weighted by Crippen LogP contribution is 2.35. The summed E-state index contributed by atoms with van der Waals surface area (Å²) in [5.74, 6) is -2.45. The van der Waals surface area contributed by atoms with E-state index in [2.05, 4.69) is 15.8 Å². The predicted molar refractivity (Wildman–Crippen MR) is 118 cm³/mol. The Bertz CT molecular complexity index is 1080. The highest BCUT2D eigenvalue weighted by atomic mass is 19.3. The van der Waals surface area contributed by atoms with Gasteiger partial charge in [-0.25, -0.2) is 19.3 Å². The molecule has 0 spiro atoms. The molecule has 12 nitrogen and oxygen atoms in total. The second-order valence-corrected chi connectivity index (χ2v) is 8.20. The van der Waals surface area contributed by atoms with Crippen LogP contribution in [0.4, 0.5) is 29.3 Å². The minimum Gasteiger partial charge on any atom is -0.442 e. The van der Waals surface area contributed by atoms with Gasteiger partial charge in [-0.2, -0.15) is 8.78 Å². The molecule has 0 radical (unpaired) electrons. The summed E-state index contributed by atoms with van der Waals surface area (Å²) >= 11 is 0. The molecule has 1 aliphatic carbocycles. The summed E-state index contributed by atoms with van der Waals surface area (Å²) in [5, 5.41) is 9.28. The molecule has 1 aromatic heterocycles. The highest BCUT2D eigenvalue weighted by Gasteiger charge is 2.35. The van der Waals surface area contributed by atoms with Crippen molar-refractivity contribution in [2.45, 2.75) is 38.0 Å². The van der Waals surface area contributed by atoms with Crippen molar-refractivity contribution in [1.82, 2.24) is 25.8 Å². The number of carbonyl (C=O) groups excluding carboxylic acids is 3. The van der Waals surface area contributed by atoms with E-state index in [0.29, 0.717) is 12.2 Å². The van der Waals surface area contributed by atoms with Crippen LogP contribution < -0.4 is 20.6 Å². The van der Waals surface area contributed by atoms with Crippen molar-refractivity contribution < 1.29 is 37.1 Å². The molecule has 1 atom stereocenters. The summed E-state index contributed by atoms with van der Waals surface area (Å²) in [4.78, 5) is 43.3. The number of carbonyl (C=O) groups is 3. The first-order valence-corrected chi connectivity index (χ1v) is 11.2. The van der Waals surface area contributed by atoms with E-state index in [0.717, 1.165) is 12.8 Å². The molecule has 2 N–H and O–H groups in total. The van der Waals surface area contributed by atoms with Crippen molar-refractivity contribution >= 4 is 29.3 Å². The van der Waals surface area contributed by atoms with E-state index in [4.69, 9.17) is 9.57 Å².